The number of ether oxygens (including phenoxy) is 11. The molecule has 5 fully saturated rings. The van der Waals surface area contributed by atoms with Crippen LogP contribution in [0.3, 0.4) is 0 Å². The first-order chi connectivity index (χ1) is 61.5. The molecule has 5 aromatic rings. The van der Waals surface area contributed by atoms with E-state index < -0.39 is 51.9 Å². The molecule has 23 nitrogen and oxygen atoms in total. The number of amides is 2. The highest BCUT2D eigenvalue weighted by Crippen LogP contribution is 2.56. The largest absolute Gasteiger partial charge is 0.513 e. The minimum Gasteiger partial charge on any atom is -0.511 e. The van der Waals surface area contributed by atoms with Gasteiger partial charge in [-0.2, -0.15) is 0 Å². The summed E-state index contributed by atoms with van der Waals surface area (Å²) in [6.45, 7) is 31.1. The molecular formula is C104H129Cl3N2O21. The molecule has 4 heterocycles. The number of aliphatic hydroxyl groups excluding tert-OH is 1. The molecule has 0 unspecified atom stereocenters. The molecule has 702 valence electrons. The second-order valence-corrected chi connectivity index (χ2v) is 39.5. The van der Waals surface area contributed by atoms with Crippen molar-refractivity contribution in [3.8, 4) is 0 Å². The van der Waals surface area contributed by atoms with Gasteiger partial charge in [-0.1, -0.05) is 146 Å². The van der Waals surface area contributed by atoms with Crippen LogP contribution in [0.2, 0.25) is 15.1 Å². The number of benzene rings is 5. The Morgan fingerprint density at radius 3 is 1.25 bits per heavy atom. The van der Waals surface area contributed by atoms with Crippen LogP contribution in [0.25, 0.3) is 27.9 Å². The van der Waals surface area contributed by atoms with Crippen LogP contribution in [0.1, 0.15) is 282 Å². The number of methoxy groups -OCH3 is 3. The highest BCUT2D eigenvalue weighted by atomic mass is 35.5. The Kier molecular flexibility index (Phi) is 32.7. The Labute approximate surface area is 780 Å². The molecule has 0 aromatic heterocycles. The highest BCUT2D eigenvalue weighted by Gasteiger charge is 2.57. The monoisotopic (exact) mass is 1850 g/mol. The van der Waals surface area contributed by atoms with Gasteiger partial charge >= 0.3 is 36.2 Å². The first-order valence-electron chi connectivity index (χ1n) is 45.7. The van der Waals surface area contributed by atoms with E-state index in [0.29, 0.717) is 136 Å². The number of ketones is 1. The average Bonchev–Trinajstić information content (AvgIpc) is 1.66. The third kappa shape index (κ3) is 22.3. The molecule has 4 aliphatic heterocycles. The number of aryl methyl sites for hydroxylation is 8. The fourth-order valence-electron chi connectivity index (χ4n) is 19.5. The Bertz CT molecular complexity index is 5170. The van der Waals surface area contributed by atoms with Gasteiger partial charge < -0.3 is 67.8 Å². The topological polar surface area (TPSA) is 299 Å². The van der Waals surface area contributed by atoms with E-state index >= 15 is 0 Å². The van der Waals surface area contributed by atoms with Crippen molar-refractivity contribution in [1.82, 2.24) is 10.6 Å². The van der Waals surface area contributed by atoms with Gasteiger partial charge in [0.05, 0.1) is 76.2 Å². The molecule has 3 N–H and O–H groups in total. The zero-order chi connectivity index (χ0) is 94.9. The van der Waals surface area contributed by atoms with Gasteiger partial charge in [-0.3, -0.25) is 24.0 Å². The summed E-state index contributed by atoms with van der Waals surface area (Å²) < 4.78 is 61.0. The molecule has 26 heteroatoms. The summed E-state index contributed by atoms with van der Waals surface area (Å²) in [5.74, 6) is -0.156. The third-order valence-corrected chi connectivity index (χ3v) is 27.9. The Morgan fingerprint density at radius 1 is 0.446 bits per heavy atom. The summed E-state index contributed by atoms with van der Waals surface area (Å²) in [7, 11) is 5.13. The number of Topliss-reactive ketones (excluding diaryl/α,β-unsaturated/α-hetero) is 1. The summed E-state index contributed by atoms with van der Waals surface area (Å²) in [6.07, 6.45) is 17.0. The van der Waals surface area contributed by atoms with Gasteiger partial charge in [-0.05, 0) is 298 Å². The SMILES string of the molecule is CCC(C)(C)C(=O)OC1=C(c2ccc(Cl)cc2Cl)C(=O)OC12CCCCC2.CCOC(=O)OC1=C(c2cc(C)ccc2C)C(=O)NC12CCC(OC)CC2.CCOC(=O)OC1=C(c2cc(C)ccc2C)C(=O)NC12CCC(OC)CC2.COC1CCC2(CC1)CC(=O)C(c1cc(C)ccc1C)=C2O.Cc1cc(Cl)cc(C)c1C1=C(OC(=O)CC(C)(C)C)C2(CCCC2)OC1=O. The number of nitrogens with one attached hydrogen (secondary N) is 2. The standard InChI is InChI=1S/C22H27ClO4.C21H24Cl2O4.2C21H27NO5.C19H24O3/c1-13-10-15(23)11-14(2)17(13)18-19(26-16(24)12-21(3,4)5)22(27-20(18)25)8-6-7-9-22;1-4-20(2,3)19(25)26-17-16(14-9-8-13(22)12-15(14)23)18(24)27-21(17)10-6-5-7-11-21;2*1-5-26-20(24)27-18-17(16-12-13(2)6-7-14(16)3)19(23)22-21(18)10-8-15(25-4)9-11-21;1-12-4-5-13(2)15(10-12)17-16(20)11-19(18(17)21)8-6-14(22-3)7-9-19/h10-11H,6-9,12H2,1-5H3;8-9,12H,4-7,10-11H2,1-3H3;2*6-7,12,15H,5,8-11H2,1-4H3,(H,22,23);4-5,10,14,21H,6-9,11H2,1-3H3. The predicted molar refractivity (Wildman–Crippen MR) is 500 cm³/mol. The minimum absolute atomic E-state index is 0.0852. The summed E-state index contributed by atoms with van der Waals surface area (Å²) in [5.41, 5.74) is 9.33. The van der Waals surface area contributed by atoms with Crippen LogP contribution in [0, 0.1) is 71.6 Å². The fraction of sp³-hybridized carbons (Fsp3) is 0.529. The quantitative estimate of drug-likeness (QED) is 0.0575. The molecule has 0 bridgehead atoms. The van der Waals surface area contributed by atoms with Gasteiger partial charge in [-0.25, -0.2) is 19.2 Å². The zero-order valence-corrected chi connectivity index (χ0v) is 81.2. The van der Waals surface area contributed by atoms with Crippen LogP contribution in [0.5, 0.6) is 0 Å². The second-order valence-electron chi connectivity index (χ2n) is 38.2. The number of carbonyl (C=O) groups excluding carboxylic acids is 9. The van der Waals surface area contributed by atoms with Gasteiger partial charge in [0.1, 0.15) is 28.4 Å². The number of hydrogen-bond acceptors (Lipinski definition) is 21. The van der Waals surface area contributed by atoms with Crippen molar-refractivity contribution >= 4 is 116 Å². The van der Waals surface area contributed by atoms with Gasteiger partial charge in [0.15, 0.2) is 28.5 Å². The van der Waals surface area contributed by atoms with Crippen molar-refractivity contribution in [2.75, 3.05) is 34.5 Å². The number of rotatable bonds is 17. The van der Waals surface area contributed by atoms with Gasteiger partial charge in [0, 0.05) is 48.8 Å². The molecule has 0 saturated heterocycles. The van der Waals surface area contributed by atoms with E-state index in [0.717, 1.165) is 150 Å². The number of carbonyl (C=O) groups is 9. The van der Waals surface area contributed by atoms with Crippen LogP contribution in [-0.2, 0) is 85.7 Å². The molecule has 130 heavy (non-hydrogen) atoms. The molecule has 10 aliphatic rings. The number of halogens is 3. The molecule has 0 radical (unpaired) electrons. The molecule has 5 spiro atoms. The van der Waals surface area contributed by atoms with Crippen LogP contribution < -0.4 is 10.6 Å². The van der Waals surface area contributed by atoms with Gasteiger partial charge in [0.25, 0.3) is 11.8 Å². The van der Waals surface area contributed by atoms with E-state index in [9.17, 15) is 48.3 Å². The van der Waals surface area contributed by atoms with Crippen molar-refractivity contribution in [2.45, 2.75) is 305 Å². The van der Waals surface area contributed by atoms with E-state index in [4.69, 9.17) is 86.9 Å². The normalized spacial score (nSPS) is 23.2. The second kappa shape index (κ2) is 42.1. The lowest BCUT2D eigenvalue weighted by Gasteiger charge is -2.37. The van der Waals surface area contributed by atoms with Crippen LogP contribution in [0.15, 0.2) is 114 Å². The van der Waals surface area contributed by atoms with Crippen LogP contribution in [-0.4, -0.2) is 134 Å². The lowest BCUT2D eigenvalue weighted by molar-refractivity contribution is -0.160. The number of aliphatic hydroxyl groups is 1. The molecule has 15 rings (SSSR count). The molecule has 0 atom stereocenters. The highest BCUT2D eigenvalue weighted by molar-refractivity contribution is 6.37. The molecule has 6 aliphatic carbocycles. The molecular weight excluding hydrogens is 1720 g/mol. The van der Waals surface area contributed by atoms with E-state index in [2.05, 4.69) is 10.6 Å². The van der Waals surface area contributed by atoms with Crippen molar-refractivity contribution in [2.24, 2.45) is 16.2 Å². The fourth-order valence-corrected chi connectivity index (χ4v) is 20.4. The van der Waals surface area contributed by atoms with Crippen LogP contribution >= 0.6 is 34.8 Å². The maximum absolute atomic E-state index is 13.0. The lowest BCUT2D eigenvalue weighted by Crippen LogP contribution is -2.49. The van der Waals surface area contributed by atoms with Crippen molar-refractivity contribution in [1.29, 1.82) is 0 Å². The maximum atomic E-state index is 13.0. The third-order valence-electron chi connectivity index (χ3n) is 27.2. The van der Waals surface area contributed by atoms with Crippen molar-refractivity contribution in [3.05, 3.63) is 201 Å². The summed E-state index contributed by atoms with van der Waals surface area (Å²) in [4.78, 5) is 114. The first kappa shape index (κ1) is 101. The van der Waals surface area contributed by atoms with E-state index in [1.54, 1.807) is 53.4 Å². The maximum Gasteiger partial charge on any atom is 0.513 e. The number of allylic oxidation sites excluding steroid dienone is 2. The molecule has 5 aromatic carbocycles. The average molecular weight is 1850 g/mol. The van der Waals surface area contributed by atoms with Crippen LogP contribution in [0.4, 0.5) is 9.59 Å². The predicted octanol–water partition coefficient (Wildman–Crippen LogP) is 22.9. The van der Waals surface area contributed by atoms with E-state index in [1.165, 1.54) is 0 Å². The summed E-state index contributed by atoms with van der Waals surface area (Å²) in [6, 6.07) is 26.5. The van der Waals surface area contributed by atoms with Gasteiger partial charge in [0.2, 0.25) is 0 Å². The Hall–Kier alpha value is -9.62. The van der Waals surface area contributed by atoms with Crippen molar-refractivity contribution in [3.63, 3.8) is 0 Å². The van der Waals surface area contributed by atoms with E-state index in [-0.39, 0.29) is 83.9 Å². The smallest absolute Gasteiger partial charge is 0.511 e. The Balaban J connectivity index is 0.000000157. The minimum atomic E-state index is -0.882. The summed E-state index contributed by atoms with van der Waals surface area (Å²) >= 11 is 18.5. The zero-order valence-electron chi connectivity index (χ0n) is 78.9. The number of hydrogen-bond donors (Lipinski definition) is 3. The summed E-state index contributed by atoms with van der Waals surface area (Å²) in [5, 5.41) is 18.5. The van der Waals surface area contributed by atoms with Gasteiger partial charge in [-0.15, -0.1) is 0 Å². The lowest BCUT2D eigenvalue weighted by atomic mass is 9.71. The van der Waals surface area contributed by atoms with Crippen molar-refractivity contribution < 1.29 is 100 Å². The number of esters is 4. The first-order valence-corrected chi connectivity index (χ1v) is 46.9. The molecule has 5 saturated carbocycles. The van der Waals surface area contributed by atoms with E-state index in [1.807, 2.05) is 164 Å². The molecule has 2 amide bonds. The Morgan fingerprint density at radius 2 is 0.846 bits per heavy atom.